The van der Waals surface area contributed by atoms with Crippen molar-refractivity contribution < 1.29 is 4.42 Å². The Hall–Kier alpha value is -2.04. The predicted molar refractivity (Wildman–Crippen MR) is 83.9 cm³/mol. The van der Waals surface area contributed by atoms with Crippen LogP contribution in [-0.4, -0.2) is 12.0 Å². The van der Waals surface area contributed by atoms with Crippen LogP contribution in [-0.2, 0) is 0 Å². The van der Waals surface area contributed by atoms with Gasteiger partial charge in [-0.1, -0.05) is 35.9 Å². The van der Waals surface area contributed by atoms with Crippen LogP contribution in [0.5, 0.6) is 0 Å². The number of hydrogen-bond acceptors (Lipinski definition) is 3. The molecule has 1 atom stereocenters. The smallest absolute Gasteiger partial charge is 0.408 e. The number of halogens is 1. The molecule has 0 amide bonds. The van der Waals surface area contributed by atoms with Crippen LogP contribution in [0, 0.1) is 6.92 Å². The second-order valence-electron chi connectivity index (χ2n) is 4.97. The second kappa shape index (κ2) is 5.39. The second-order valence-corrected chi connectivity index (χ2v) is 5.35. The molecular formula is C16H15ClN2O2. The lowest BCUT2D eigenvalue weighted by molar-refractivity contribution is 0.554. The van der Waals surface area contributed by atoms with E-state index in [4.69, 9.17) is 16.0 Å². The molecule has 0 aliphatic carbocycles. The molecule has 0 aliphatic rings. The molecule has 0 aliphatic heterocycles. The zero-order valence-electron chi connectivity index (χ0n) is 11.7. The van der Waals surface area contributed by atoms with Crippen LogP contribution in [0.25, 0.3) is 11.1 Å². The zero-order chi connectivity index (χ0) is 15.0. The minimum Gasteiger partial charge on any atom is -0.408 e. The fourth-order valence-corrected chi connectivity index (χ4v) is 2.77. The van der Waals surface area contributed by atoms with Gasteiger partial charge in [0.1, 0.15) is 0 Å². The molecule has 5 heteroatoms. The Morgan fingerprint density at radius 1 is 1.29 bits per heavy atom. The van der Waals surface area contributed by atoms with Crippen LogP contribution >= 0.6 is 11.6 Å². The minimum absolute atomic E-state index is 0.0676. The molecule has 2 aromatic carbocycles. The summed E-state index contributed by atoms with van der Waals surface area (Å²) < 4.78 is 5.12. The van der Waals surface area contributed by atoms with Gasteiger partial charge in [-0.15, -0.1) is 0 Å². The van der Waals surface area contributed by atoms with E-state index >= 15 is 0 Å². The molecule has 1 unspecified atom stereocenters. The molecule has 0 saturated heterocycles. The number of nitrogens with one attached hydrogen (secondary N) is 2. The van der Waals surface area contributed by atoms with Crippen LogP contribution in [0.1, 0.15) is 22.7 Å². The first-order valence-corrected chi connectivity index (χ1v) is 7.03. The number of H-pyrrole nitrogens is 1. The van der Waals surface area contributed by atoms with Gasteiger partial charge in [-0.2, -0.15) is 0 Å². The van der Waals surface area contributed by atoms with Gasteiger partial charge in [-0.3, -0.25) is 4.98 Å². The van der Waals surface area contributed by atoms with Crippen LogP contribution in [0.2, 0.25) is 5.02 Å². The summed E-state index contributed by atoms with van der Waals surface area (Å²) in [5, 5.41) is 4.00. The first kappa shape index (κ1) is 13.9. The Morgan fingerprint density at radius 3 is 2.86 bits per heavy atom. The minimum atomic E-state index is -0.447. The number of hydrogen-bond donors (Lipinski definition) is 2. The van der Waals surface area contributed by atoms with Gasteiger partial charge < -0.3 is 9.73 Å². The van der Waals surface area contributed by atoms with Crippen molar-refractivity contribution in [3.05, 3.63) is 68.7 Å². The predicted octanol–water partition coefficient (Wildman–Crippen LogP) is 3.39. The third-order valence-corrected chi connectivity index (χ3v) is 4.12. The lowest BCUT2D eigenvalue weighted by Crippen LogP contribution is -2.18. The summed E-state index contributed by atoms with van der Waals surface area (Å²) in [6, 6.07) is 11.5. The van der Waals surface area contributed by atoms with Crippen LogP contribution in [0.4, 0.5) is 0 Å². The van der Waals surface area contributed by atoms with E-state index < -0.39 is 5.76 Å². The van der Waals surface area contributed by atoms with E-state index in [-0.39, 0.29) is 6.04 Å². The molecule has 0 saturated carbocycles. The van der Waals surface area contributed by atoms with Gasteiger partial charge >= 0.3 is 5.76 Å². The van der Waals surface area contributed by atoms with Crippen molar-refractivity contribution in [1.29, 1.82) is 0 Å². The SMILES string of the molecule is CNC(c1ccc2[nH]c(=O)oc2c1)c1cccc(C)c1Cl. The van der Waals surface area contributed by atoms with Crippen molar-refractivity contribution in [3.8, 4) is 0 Å². The average molecular weight is 303 g/mol. The number of oxazole rings is 1. The number of aromatic amines is 1. The van der Waals surface area contributed by atoms with Crippen molar-refractivity contribution in [2.45, 2.75) is 13.0 Å². The summed E-state index contributed by atoms with van der Waals surface area (Å²) in [4.78, 5) is 13.9. The highest BCUT2D eigenvalue weighted by Crippen LogP contribution is 2.31. The molecule has 2 N–H and O–H groups in total. The Balaban J connectivity index is 2.13. The summed E-state index contributed by atoms with van der Waals surface area (Å²) in [6.45, 7) is 1.98. The van der Waals surface area contributed by atoms with Crippen molar-refractivity contribution in [2.24, 2.45) is 0 Å². The molecular weight excluding hydrogens is 288 g/mol. The number of fused-ring (bicyclic) bond motifs is 1. The van der Waals surface area contributed by atoms with Gasteiger partial charge in [-0.05, 0) is 42.8 Å². The van der Waals surface area contributed by atoms with Gasteiger partial charge in [-0.25, -0.2) is 4.79 Å². The highest BCUT2D eigenvalue weighted by atomic mass is 35.5. The molecule has 1 heterocycles. The van der Waals surface area contributed by atoms with E-state index in [0.717, 1.165) is 21.7 Å². The molecule has 3 rings (SSSR count). The summed E-state index contributed by atoms with van der Waals surface area (Å²) in [7, 11) is 1.88. The summed E-state index contributed by atoms with van der Waals surface area (Å²) >= 11 is 6.42. The van der Waals surface area contributed by atoms with Crippen LogP contribution in [0.15, 0.2) is 45.6 Å². The average Bonchev–Trinajstić information content (AvgIpc) is 2.83. The third-order valence-electron chi connectivity index (χ3n) is 3.60. The Morgan fingerprint density at radius 2 is 2.10 bits per heavy atom. The maximum Gasteiger partial charge on any atom is 0.417 e. The van der Waals surface area contributed by atoms with E-state index in [1.54, 1.807) is 0 Å². The summed E-state index contributed by atoms with van der Waals surface area (Å²) in [5.74, 6) is -0.447. The first-order chi connectivity index (χ1) is 10.1. The topological polar surface area (TPSA) is 58.0 Å². The van der Waals surface area contributed by atoms with Crippen molar-refractivity contribution in [1.82, 2.24) is 10.3 Å². The maximum absolute atomic E-state index is 11.2. The Bertz CT molecular complexity index is 851. The standard InChI is InChI=1S/C16H15ClN2O2/c1-9-4-3-5-11(14(9)17)15(18-2)10-6-7-12-13(8-10)21-16(20)19-12/h3-8,15,18H,1-2H3,(H,19,20). The molecule has 4 nitrogen and oxygen atoms in total. The van der Waals surface area contributed by atoms with Gasteiger partial charge in [0.2, 0.25) is 0 Å². The summed E-state index contributed by atoms with van der Waals surface area (Å²) in [6.07, 6.45) is 0. The van der Waals surface area contributed by atoms with E-state index in [1.807, 2.05) is 50.4 Å². The third kappa shape index (κ3) is 2.48. The molecule has 0 spiro atoms. The van der Waals surface area contributed by atoms with E-state index in [0.29, 0.717) is 11.1 Å². The van der Waals surface area contributed by atoms with Gasteiger partial charge in [0.15, 0.2) is 5.58 Å². The fourth-order valence-electron chi connectivity index (χ4n) is 2.54. The van der Waals surface area contributed by atoms with Crippen LogP contribution in [0.3, 0.4) is 0 Å². The highest BCUT2D eigenvalue weighted by Gasteiger charge is 2.17. The van der Waals surface area contributed by atoms with Gasteiger partial charge in [0.25, 0.3) is 0 Å². The van der Waals surface area contributed by atoms with Crippen molar-refractivity contribution in [3.63, 3.8) is 0 Å². The largest absolute Gasteiger partial charge is 0.417 e. The number of benzene rings is 2. The quantitative estimate of drug-likeness (QED) is 0.779. The number of rotatable bonds is 3. The highest BCUT2D eigenvalue weighted by molar-refractivity contribution is 6.32. The van der Waals surface area contributed by atoms with Gasteiger partial charge in [0.05, 0.1) is 11.6 Å². The normalized spacial score (nSPS) is 12.7. The maximum atomic E-state index is 11.2. The molecule has 1 aromatic heterocycles. The van der Waals surface area contributed by atoms with E-state index in [9.17, 15) is 4.79 Å². The molecule has 0 bridgehead atoms. The van der Waals surface area contributed by atoms with Crippen molar-refractivity contribution >= 4 is 22.7 Å². The first-order valence-electron chi connectivity index (χ1n) is 6.65. The van der Waals surface area contributed by atoms with Gasteiger partial charge in [0, 0.05) is 5.02 Å². The van der Waals surface area contributed by atoms with E-state index in [2.05, 4.69) is 10.3 Å². The van der Waals surface area contributed by atoms with Crippen LogP contribution < -0.4 is 11.1 Å². The molecule has 21 heavy (non-hydrogen) atoms. The monoisotopic (exact) mass is 302 g/mol. The summed E-state index contributed by atoms with van der Waals surface area (Å²) in [5.41, 5.74) is 4.25. The van der Waals surface area contributed by atoms with E-state index in [1.165, 1.54) is 0 Å². The lowest BCUT2D eigenvalue weighted by atomic mass is 9.97. The van der Waals surface area contributed by atoms with Crippen molar-refractivity contribution in [2.75, 3.05) is 7.05 Å². The Kier molecular flexibility index (Phi) is 3.57. The fraction of sp³-hybridized carbons (Fsp3) is 0.188. The number of aromatic nitrogens is 1. The molecule has 0 fully saturated rings. The molecule has 0 radical (unpaired) electrons. The molecule has 3 aromatic rings. The molecule has 108 valence electrons. The number of aryl methyl sites for hydroxylation is 1. The lowest BCUT2D eigenvalue weighted by Gasteiger charge is -2.19. The Labute approximate surface area is 126 Å². The zero-order valence-corrected chi connectivity index (χ0v) is 12.5.